The molecule has 200 valence electrons. The minimum Gasteiger partial charge on any atom is -0.490 e. The number of carbonyl (C=O) groups is 2. The van der Waals surface area contributed by atoms with Crippen LogP contribution in [0.15, 0.2) is 78.9 Å². The van der Waals surface area contributed by atoms with Gasteiger partial charge in [0.05, 0.1) is 12.0 Å². The molecule has 1 atom stereocenters. The van der Waals surface area contributed by atoms with Gasteiger partial charge in [-0.25, -0.2) is 0 Å². The normalized spacial score (nSPS) is 11.3. The highest BCUT2D eigenvalue weighted by molar-refractivity contribution is 5.88. The van der Waals surface area contributed by atoms with E-state index >= 15 is 0 Å². The Hall–Kier alpha value is -4.40. The number of nitrogens with one attached hydrogen (secondary N) is 1. The summed E-state index contributed by atoms with van der Waals surface area (Å²) in [5, 5.41) is 14.2. The number of amides is 2. The van der Waals surface area contributed by atoms with Gasteiger partial charge >= 0.3 is 5.69 Å². The first-order valence-electron chi connectivity index (χ1n) is 12.5. The molecule has 3 rings (SSSR count). The lowest BCUT2D eigenvalue weighted by Gasteiger charge is -2.31. The average Bonchev–Trinajstić information content (AvgIpc) is 2.94. The lowest BCUT2D eigenvalue weighted by atomic mass is 10.0. The fraction of sp³-hybridized carbons (Fsp3) is 0.310. The molecule has 0 aromatic heterocycles. The second-order valence-corrected chi connectivity index (χ2v) is 8.74. The molecule has 9 nitrogen and oxygen atoms in total. The molecule has 0 spiro atoms. The zero-order valence-electron chi connectivity index (χ0n) is 21.7. The zero-order valence-corrected chi connectivity index (χ0v) is 21.7. The van der Waals surface area contributed by atoms with Crippen LogP contribution in [-0.2, 0) is 22.6 Å². The van der Waals surface area contributed by atoms with Gasteiger partial charge in [-0.15, -0.1) is 0 Å². The van der Waals surface area contributed by atoms with Gasteiger partial charge in [0, 0.05) is 31.6 Å². The zero-order chi connectivity index (χ0) is 27.3. The van der Waals surface area contributed by atoms with Crippen LogP contribution in [0.3, 0.4) is 0 Å². The number of benzene rings is 3. The molecule has 38 heavy (non-hydrogen) atoms. The van der Waals surface area contributed by atoms with Crippen LogP contribution < -0.4 is 14.8 Å². The minimum absolute atomic E-state index is 0.0262. The van der Waals surface area contributed by atoms with E-state index < -0.39 is 16.9 Å². The van der Waals surface area contributed by atoms with Crippen LogP contribution in [0.1, 0.15) is 30.9 Å². The second kappa shape index (κ2) is 14.4. The number of unbranched alkanes of at least 4 members (excludes halogenated alkanes) is 1. The van der Waals surface area contributed by atoms with Gasteiger partial charge in [0.15, 0.2) is 6.61 Å². The maximum absolute atomic E-state index is 13.6. The van der Waals surface area contributed by atoms with Gasteiger partial charge < -0.3 is 19.7 Å². The van der Waals surface area contributed by atoms with Gasteiger partial charge in [0.1, 0.15) is 11.8 Å². The number of hydrogen-bond acceptors (Lipinski definition) is 6. The van der Waals surface area contributed by atoms with Crippen LogP contribution in [0.5, 0.6) is 11.5 Å². The van der Waals surface area contributed by atoms with Crippen molar-refractivity contribution >= 4 is 17.5 Å². The van der Waals surface area contributed by atoms with E-state index in [-0.39, 0.29) is 36.2 Å². The van der Waals surface area contributed by atoms with Crippen LogP contribution in [0.2, 0.25) is 0 Å². The van der Waals surface area contributed by atoms with Gasteiger partial charge in [-0.2, -0.15) is 0 Å². The quantitative estimate of drug-likeness (QED) is 0.190. The molecule has 1 N–H and O–H groups in total. The summed E-state index contributed by atoms with van der Waals surface area (Å²) in [5.74, 6) is -0.354. The predicted molar refractivity (Wildman–Crippen MR) is 144 cm³/mol. The van der Waals surface area contributed by atoms with Crippen LogP contribution in [0, 0.1) is 10.1 Å². The Morgan fingerprint density at radius 1 is 1.00 bits per heavy atom. The number of nitro groups is 1. The first-order valence-corrected chi connectivity index (χ1v) is 12.5. The molecule has 0 saturated carbocycles. The molecule has 0 fully saturated rings. The molecule has 0 saturated heterocycles. The number of hydrogen-bond donors (Lipinski definition) is 1. The summed E-state index contributed by atoms with van der Waals surface area (Å²) in [7, 11) is 1.32. The third kappa shape index (κ3) is 8.06. The van der Waals surface area contributed by atoms with E-state index in [0.29, 0.717) is 13.0 Å². The maximum Gasteiger partial charge on any atom is 0.311 e. The molecular weight excluding hydrogens is 486 g/mol. The SMILES string of the molecule is CCCCNC(=O)[C@@H](Cc1ccccc1)N(Cc1ccccc1)C(=O)COc1ccc([N+](=O)[O-])c(OC)c1. The van der Waals surface area contributed by atoms with Crippen molar-refractivity contribution in [1.82, 2.24) is 10.2 Å². The highest BCUT2D eigenvalue weighted by Crippen LogP contribution is 2.30. The monoisotopic (exact) mass is 519 g/mol. The third-order valence-electron chi connectivity index (χ3n) is 6.01. The van der Waals surface area contributed by atoms with E-state index in [1.54, 1.807) is 0 Å². The van der Waals surface area contributed by atoms with Crippen molar-refractivity contribution in [2.75, 3.05) is 20.3 Å². The van der Waals surface area contributed by atoms with E-state index in [0.717, 1.165) is 24.0 Å². The Bertz CT molecular complexity index is 1200. The van der Waals surface area contributed by atoms with Crippen molar-refractivity contribution in [3.05, 3.63) is 100 Å². The fourth-order valence-corrected chi connectivity index (χ4v) is 3.97. The smallest absolute Gasteiger partial charge is 0.311 e. The first kappa shape index (κ1) is 28.2. The van der Waals surface area contributed by atoms with Crippen LogP contribution in [0.25, 0.3) is 0 Å². The Morgan fingerprint density at radius 3 is 2.26 bits per heavy atom. The van der Waals surface area contributed by atoms with Gasteiger partial charge in [0.25, 0.3) is 5.91 Å². The number of nitrogens with zero attached hydrogens (tertiary/aromatic N) is 2. The lowest BCUT2D eigenvalue weighted by molar-refractivity contribution is -0.385. The Balaban J connectivity index is 1.87. The number of methoxy groups -OCH3 is 1. The van der Waals surface area contributed by atoms with Gasteiger partial charge in [0.2, 0.25) is 11.7 Å². The molecule has 3 aromatic rings. The number of nitro benzene ring substituents is 1. The van der Waals surface area contributed by atoms with Crippen molar-refractivity contribution in [2.45, 2.75) is 38.8 Å². The molecule has 0 radical (unpaired) electrons. The van der Waals surface area contributed by atoms with E-state index in [4.69, 9.17) is 9.47 Å². The van der Waals surface area contributed by atoms with E-state index in [1.807, 2.05) is 67.6 Å². The highest BCUT2D eigenvalue weighted by Gasteiger charge is 2.30. The Morgan fingerprint density at radius 2 is 1.66 bits per heavy atom. The molecule has 0 aliphatic carbocycles. The summed E-state index contributed by atoms with van der Waals surface area (Å²) < 4.78 is 10.8. The molecule has 0 unspecified atom stereocenters. The van der Waals surface area contributed by atoms with Gasteiger partial charge in [-0.05, 0) is 23.6 Å². The minimum atomic E-state index is -0.767. The van der Waals surface area contributed by atoms with E-state index in [9.17, 15) is 19.7 Å². The van der Waals surface area contributed by atoms with Crippen molar-refractivity contribution in [3.8, 4) is 11.5 Å². The molecule has 3 aromatic carbocycles. The molecule has 0 bridgehead atoms. The average molecular weight is 520 g/mol. The second-order valence-electron chi connectivity index (χ2n) is 8.74. The summed E-state index contributed by atoms with van der Waals surface area (Å²) in [4.78, 5) is 39.2. The highest BCUT2D eigenvalue weighted by atomic mass is 16.6. The summed E-state index contributed by atoms with van der Waals surface area (Å²) in [6.07, 6.45) is 2.10. The lowest BCUT2D eigenvalue weighted by Crippen LogP contribution is -2.51. The third-order valence-corrected chi connectivity index (χ3v) is 6.01. The molecule has 0 heterocycles. The summed E-state index contributed by atoms with van der Waals surface area (Å²) in [6, 6.07) is 22.3. The van der Waals surface area contributed by atoms with Crippen molar-refractivity contribution in [2.24, 2.45) is 0 Å². The van der Waals surface area contributed by atoms with Gasteiger partial charge in [-0.1, -0.05) is 74.0 Å². The molecule has 9 heteroatoms. The van der Waals surface area contributed by atoms with Crippen molar-refractivity contribution in [1.29, 1.82) is 0 Å². The first-order chi connectivity index (χ1) is 18.4. The van der Waals surface area contributed by atoms with Crippen LogP contribution in [0.4, 0.5) is 5.69 Å². The van der Waals surface area contributed by atoms with E-state index in [1.165, 1.54) is 30.2 Å². The number of carbonyl (C=O) groups excluding carboxylic acids is 2. The van der Waals surface area contributed by atoms with Crippen molar-refractivity contribution < 1.29 is 24.0 Å². The summed E-state index contributed by atoms with van der Waals surface area (Å²) in [6.45, 7) is 2.42. The Kier molecular flexibility index (Phi) is 10.7. The number of rotatable bonds is 14. The Labute approximate surface area is 222 Å². The standard InChI is InChI=1S/C29H33N3O6/c1-3-4-17-30-29(34)26(18-22-11-7-5-8-12-22)31(20-23-13-9-6-10-14-23)28(33)21-38-24-15-16-25(32(35)36)27(19-24)37-2/h5-16,19,26H,3-4,17-18,20-21H2,1-2H3,(H,30,34)/t26-/m1/s1. The summed E-state index contributed by atoms with van der Waals surface area (Å²) >= 11 is 0. The summed E-state index contributed by atoms with van der Waals surface area (Å²) in [5.41, 5.74) is 1.59. The fourth-order valence-electron chi connectivity index (χ4n) is 3.97. The molecule has 2 amide bonds. The largest absolute Gasteiger partial charge is 0.490 e. The van der Waals surface area contributed by atoms with Crippen LogP contribution >= 0.6 is 0 Å². The number of ether oxygens (including phenoxy) is 2. The van der Waals surface area contributed by atoms with E-state index in [2.05, 4.69) is 5.32 Å². The predicted octanol–water partition coefficient (Wildman–Crippen LogP) is 4.54. The van der Waals surface area contributed by atoms with Gasteiger partial charge in [-0.3, -0.25) is 19.7 Å². The van der Waals surface area contributed by atoms with Crippen LogP contribution in [-0.4, -0.2) is 47.9 Å². The molecule has 0 aliphatic rings. The molecule has 0 aliphatic heterocycles. The maximum atomic E-state index is 13.6. The molecular formula is C29H33N3O6. The topological polar surface area (TPSA) is 111 Å². The van der Waals surface area contributed by atoms with Crippen molar-refractivity contribution in [3.63, 3.8) is 0 Å².